The van der Waals surface area contributed by atoms with Crippen LogP contribution in [0.3, 0.4) is 0 Å². The number of hydrogen-bond donors (Lipinski definition) is 1. The lowest BCUT2D eigenvalue weighted by Crippen LogP contribution is -2.29. The van der Waals surface area contributed by atoms with Crippen LogP contribution in [-0.2, 0) is 13.1 Å². The first-order valence-electron chi connectivity index (χ1n) is 6.35. The van der Waals surface area contributed by atoms with Crippen LogP contribution < -0.4 is 5.32 Å². The molecule has 0 saturated heterocycles. The second kappa shape index (κ2) is 5.50. The number of benzene rings is 1. The predicted octanol–water partition coefficient (Wildman–Crippen LogP) is 2.67. The molecule has 3 aromatic rings. The van der Waals surface area contributed by atoms with Crippen LogP contribution in [0.15, 0.2) is 43.0 Å². The van der Waals surface area contributed by atoms with Gasteiger partial charge in [-0.05, 0) is 19.1 Å². The van der Waals surface area contributed by atoms with Crippen LogP contribution in [-0.4, -0.2) is 20.6 Å². The molecule has 4 nitrogen and oxygen atoms in total. The van der Waals surface area contributed by atoms with Crippen molar-refractivity contribution in [2.45, 2.75) is 26.1 Å². The molecule has 1 aromatic carbocycles. The summed E-state index contributed by atoms with van der Waals surface area (Å²) in [5.74, 6) is 0. The summed E-state index contributed by atoms with van der Waals surface area (Å²) < 4.78 is 3.33. The third-order valence-electron chi connectivity index (χ3n) is 2.98. The Labute approximate surface area is 116 Å². The highest BCUT2D eigenvalue weighted by molar-refractivity contribution is 7.18. The van der Waals surface area contributed by atoms with E-state index in [9.17, 15) is 0 Å². The number of imidazole rings is 1. The SMILES string of the molecule is CC(Cn1ccnc1)NCc1nc2ccccc2s1. The van der Waals surface area contributed by atoms with Crippen molar-refractivity contribution in [2.75, 3.05) is 0 Å². The van der Waals surface area contributed by atoms with E-state index >= 15 is 0 Å². The van der Waals surface area contributed by atoms with Crippen LogP contribution in [0, 0.1) is 0 Å². The number of rotatable bonds is 5. The molecule has 98 valence electrons. The van der Waals surface area contributed by atoms with Crippen LogP contribution >= 0.6 is 11.3 Å². The number of nitrogens with one attached hydrogen (secondary N) is 1. The molecule has 0 aliphatic rings. The van der Waals surface area contributed by atoms with Gasteiger partial charge in [0.15, 0.2) is 0 Å². The molecule has 0 amide bonds. The Bertz CT molecular complexity index is 611. The van der Waals surface area contributed by atoms with Gasteiger partial charge >= 0.3 is 0 Å². The Morgan fingerprint density at radius 3 is 3.05 bits per heavy atom. The molecule has 0 aliphatic heterocycles. The van der Waals surface area contributed by atoms with Crippen molar-refractivity contribution in [3.05, 3.63) is 48.0 Å². The molecule has 1 N–H and O–H groups in total. The zero-order valence-corrected chi connectivity index (χ0v) is 11.6. The molecular weight excluding hydrogens is 256 g/mol. The van der Waals surface area contributed by atoms with Crippen LogP contribution in [0.5, 0.6) is 0 Å². The maximum absolute atomic E-state index is 4.62. The van der Waals surface area contributed by atoms with Crippen molar-refractivity contribution >= 4 is 21.6 Å². The summed E-state index contributed by atoms with van der Waals surface area (Å²) in [4.78, 5) is 8.67. The highest BCUT2D eigenvalue weighted by atomic mass is 32.1. The van der Waals surface area contributed by atoms with Gasteiger partial charge in [-0.1, -0.05) is 12.1 Å². The van der Waals surface area contributed by atoms with E-state index < -0.39 is 0 Å². The summed E-state index contributed by atoms with van der Waals surface area (Å²) in [6, 6.07) is 8.65. The maximum Gasteiger partial charge on any atom is 0.108 e. The average molecular weight is 272 g/mol. The first-order valence-corrected chi connectivity index (χ1v) is 7.16. The van der Waals surface area contributed by atoms with Crippen molar-refractivity contribution in [1.82, 2.24) is 19.9 Å². The summed E-state index contributed by atoms with van der Waals surface area (Å²) in [7, 11) is 0. The molecule has 0 spiro atoms. The van der Waals surface area contributed by atoms with Gasteiger partial charge in [0.25, 0.3) is 0 Å². The number of para-hydroxylation sites is 1. The Morgan fingerprint density at radius 2 is 2.26 bits per heavy atom. The molecule has 0 radical (unpaired) electrons. The first-order chi connectivity index (χ1) is 9.31. The molecule has 1 atom stereocenters. The standard InChI is InChI=1S/C14H16N4S/c1-11(9-18-7-6-15-10-18)16-8-14-17-12-4-2-3-5-13(12)19-14/h2-7,10-11,16H,8-9H2,1H3. The molecule has 0 fully saturated rings. The molecule has 5 heteroatoms. The average Bonchev–Trinajstić information content (AvgIpc) is 3.04. The van der Waals surface area contributed by atoms with E-state index in [1.165, 1.54) is 4.70 Å². The zero-order valence-electron chi connectivity index (χ0n) is 10.8. The molecule has 3 rings (SSSR count). The zero-order chi connectivity index (χ0) is 13.1. The van der Waals surface area contributed by atoms with Gasteiger partial charge in [0.05, 0.1) is 16.5 Å². The Hall–Kier alpha value is -1.72. The van der Waals surface area contributed by atoms with Crippen LogP contribution in [0.1, 0.15) is 11.9 Å². The Kier molecular flexibility index (Phi) is 3.57. The quantitative estimate of drug-likeness (QED) is 0.776. The van der Waals surface area contributed by atoms with E-state index in [1.807, 2.05) is 18.6 Å². The third-order valence-corrected chi connectivity index (χ3v) is 4.02. The summed E-state index contributed by atoms with van der Waals surface area (Å²) in [5, 5.41) is 4.64. The van der Waals surface area contributed by atoms with Crippen LogP contribution in [0.4, 0.5) is 0 Å². The summed E-state index contributed by atoms with van der Waals surface area (Å²) in [6.07, 6.45) is 5.63. The van der Waals surface area contributed by atoms with Crippen LogP contribution in [0.25, 0.3) is 10.2 Å². The third kappa shape index (κ3) is 3.00. The van der Waals surface area contributed by atoms with Crippen molar-refractivity contribution < 1.29 is 0 Å². The minimum atomic E-state index is 0.390. The van der Waals surface area contributed by atoms with Gasteiger partial charge in [-0.2, -0.15) is 0 Å². The molecule has 0 bridgehead atoms. The number of fused-ring (bicyclic) bond motifs is 1. The van der Waals surface area contributed by atoms with Gasteiger partial charge in [0.1, 0.15) is 5.01 Å². The molecule has 19 heavy (non-hydrogen) atoms. The van der Waals surface area contributed by atoms with Gasteiger partial charge in [-0.25, -0.2) is 9.97 Å². The van der Waals surface area contributed by atoms with E-state index in [1.54, 1.807) is 17.5 Å². The maximum atomic E-state index is 4.62. The Balaban J connectivity index is 1.59. The number of aromatic nitrogens is 3. The lowest BCUT2D eigenvalue weighted by Gasteiger charge is -2.12. The molecular formula is C14H16N4S. The smallest absolute Gasteiger partial charge is 0.108 e. The van der Waals surface area contributed by atoms with Gasteiger partial charge in [0.2, 0.25) is 0 Å². The lowest BCUT2D eigenvalue weighted by molar-refractivity contribution is 0.476. The summed E-state index contributed by atoms with van der Waals surface area (Å²) in [6.45, 7) is 3.91. The van der Waals surface area contributed by atoms with E-state index in [0.29, 0.717) is 6.04 Å². The van der Waals surface area contributed by atoms with Crippen molar-refractivity contribution in [1.29, 1.82) is 0 Å². The lowest BCUT2D eigenvalue weighted by atomic mass is 10.3. The summed E-state index contributed by atoms with van der Waals surface area (Å²) >= 11 is 1.75. The largest absolute Gasteiger partial charge is 0.336 e. The van der Waals surface area contributed by atoms with Gasteiger partial charge in [0, 0.05) is 31.5 Å². The molecule has 0 saturated carbocycles. The summed E-state index contributed by atoms with van der Waals surface area (Å²) in [5.41, 5.74) is 1.09. The van der Waals surface area contributed by atoms with Crippen molar-refractivity contribution in [2.24, 2.45) is 0 Å². The topological polar surface area (TPSA) is 42.7 Å². The Morgan fingerprint density at radius 1 is 1.37 bits per heavy atom. The first kappa shape index (κ1) is 12.3. The molecule has 2 aromatic heterocycles. The minimum Gasteiger partial charge on any atom is -0.336 e. The highest BCUT2D eigenvalue weighted by Gasteiger charge is 2.06. The van der Waals surface area contributed by atoms with Crippen molar-refractivity contribution in [3.8, 4) is 0 Å². The fourth-order valence-electron chi connectivity index (χ4n) is 2.03. The fourth-order valence-corrected chi connectivity index (χ4v) is 2.95. The van der Waals surface area contributed by atoms with Gasteiger partial charge < -0.3 is 9.88 Å². The number of nitrogens with zero attached hydrogens (tertiary/aromatic N) is 3. The van der Waals surface area contributed by atoms with Crippen LogP contribution in [0.2, 0.25) is 0 Å². The highest BCUT2D eigenvalue weighted by Crippen LogP contribution is 2.21. The van der Waals surface area contributed by atoms with E-state index in [2.05, 4.69) is 45.0 Å². The number of thiazole rings is 1. The molecule has 2 heterocycles. The minimum absolute atomic E-state index is 0.390. The molecule has 1 unspecified atom stereocenters. The normalized spacial score (nSPS) is 12.9. The van der Waals surface area contributed by atoms with E-state index in [0.717, 1.165) is 23.6 Å². The van der Waals surface area contributed by atoms with Crippen molar-refractivity contribution in [3.63, 3.8) is 0 Å². The second-order valence-electron chi connectivity index (χ2n) is 4.62. The van der Waals surface area contributed by atoms with E-state index in [4.69, 9.17) is 0 Å². The fraction of sp³-hybridized carbons (Fsp3) is 0.286. The van der Waals surface area contributed by atoms with Gasteiger partial charge in [-0.3, -0.25) is 0 Å². The monoisotopic (exact) mass is 272 g/mol. The predicted molar refractivity (Wildman–Crippen MR) is 78.1 cm³/mol. The van der Waals surface area contributed by atoms with E-state index in [-0.39, 0.29) is 0 Å². The number of hydrogen-bond acceptors (Lipinski definition) is 4. The molecule has 0 aliphatic carbocycles. The van der Waals surface area contributed by atoms with Gasteiger partial charge in [-0.15, -0.1) is 11.3 Å². The second-order valence-corrected chi connectivity index (χ2v) is 5.73.